The maximum Gasteiger partial charge on any atom is 0.254 e. The summed E-state index contributed by atoms with van der Waals surface area (Å²) in [5, 5.41) is 0. The third-order valence-corrected chi connectivity index (χ3v) is 5.17. The number of amides is 2. The number of aromatic nitrogens is 1. The molecule has 28 heavy (non-hydrogen) atoms. The van der Waals surface area contributed by atoms with E-state index in [0.29, 0.717) is 44.1 Å². The number of carbonyl (C=O) groups is 2. The number of hydrogen-bond acceptors (Lipinski definition) is 5. The van der Waals surface area contributed by atoms with E-state index >= 15 is 0 Å². The van der Waals surface area contributed by atoms with Gasteiger partial charge in [0.2, 0.25) is 5.91 Å². The number of carbonyl (C=O) groups excluding carboxylic acids is 2. The first-order valence-electron chi connectivity index (χ1n) is 9.34. The van der Waals surface area contributed by atoms with Crippen LogP contribution in [0.15, 0.2) is 48.8 Å². The van der Waals surface area contributed by atoms with E-state index in [2.05, 4.69) is 4.98 Å². The molecule has 1 saturated heterocycles. The van der Waals surface area contributed by atoms with Crippen molar-refractivity contribution < 1.29 is 14.3 Å². The number of pyridine rings is 1. The molecule has 2 heterocycles. The van der Waals surface area contributed by atoms with Crippen LogP contribution in [0.3, 0.4) is 0 Å². The van der Waals surface area contributed by atoms with Crippen molar-refractivity contribution in [2.24, 2.45) is 5.73 Å². The van der Waals surface area contributed by atoms with Crippen LogP contribution in [0.25, 0.3) is 0 Å². The second-order valence-corrected chi connectivity index (χ2v) is 7.38. The zero-order valence-electron chi connectivity index (χ0n) is 16.3. The van der Waals surface area contributed by atoms with Crippen molar-refractivity contribution in [2.75, 3.05) is 26.2 Å². The van der Waals surface area contributed by atoms with Crippen LogP contribution >= 0.6 is 0 Å². The summed E-state index contributed by atoms with van der Waals surface area (Å²) in [7, 11) is 0. The minimum atomic E-state index is -0.713. The molecule has 1 aromatic carbocycles. The Balaban J connectivity index is 1.60. The van der Waals surface area contributed by atoms with Crippen molar-refractivity contribution in [3.8, 4) is 5.75 Å². The summed E-state index contributed by atoms with van der Waals surface area (Å²) in [4.78, 5) is 32.4. The van der Waals surface area contributed by atoms with Gasteiger partial charge in [0, 0.05) is 49.7 Å². The van der Waals surface area contributed by atoms with Crippen LogP contribution in [0.2, 0.25) is 0 Å². The van der Waals surface area contributed by atoms with Crippen LogP contribution in [0.4, 0.5) is 0 Å². The predicted molar refractivity (Wildman–Crippen MR) is 106 cm³/mol. The summed E-state index contributed by atoms with van der Waals surface area (Å²) in [6.45, 7) is 6.35. The van der Waals surface area contributed by atoms with Crippen LogP contribution in [-0.2, 0) is 11.4 Å². The number of hydrogen-bond donors (Lipinski definition) is 1. The minimum absolute atomic E-state index is 0.0386. The number of ether oxygens (including phenoxy) is 1. The van der Waals surface area contributed by atoms with Gasteiger partial charge in [-0.2, -0.15) is 0 Å². The molecule has 148 valence electrons. The third-order valence-electron chi connectivity index (χ3n) is 5.17. The normalized spacial score (nSPS) is 15.3. The second kappa shape index (κ2) is 8.39. The van der Waals surface area contributed by atoms with E-state index in [4.69, 9.17) is 10.5 Å². The molecular formula is C21H26N4O3. The molecule has 0 radical (unpaired) electrons. The number of nitrogens with zero attached hydrogens (tertiary/aromatic N) is 3. The molecule has 1 aromatic heterocycles. The van der Waals surface area contributed by atoms with E-state index in [1.54, 1.807) is 29.4 Å². The fourth-order valence-electron chi connectivity index (χ4n) is 3.18. The second-order valence-electron chi connectivity index (χ2n) is 7.38. The van der Waals surface area contributed by atoms with E-state index < -0.39 is 5.54 Å². The van der Waals surface area contributed by atoms with Crippen molar-refractivity contribution in [3.63, 3.8) is 0 Å². The first kappa shape index (κ1) is 19.8. The van der Waals surface area contributed by atoms with E-state index in [0.717, 1.165) is 5.56 Å². The molecule has 7 heteroatoms. The van der Waals surface area contributed by atoms with E-state index in [1.807, 2.05) is 43.0 Å². The van der Waals surface area contributed by atoms with Crippen molar-refractivity contribution in [3.05, 3.63) is 59.9 Å². The number of nitrogens with two attached hydrogens (primary N) is 1. The summed E-state index contributed by atoms with van der Waals surface area (Å²) in [5.74, 6) is 0.248. The number of benzene rings is 1. The lowest BCUT2D eigenvalue weighted by Gasteiger charge is -2.42. The fraction of sp³-hybridized carbons (Fsp3) is 0.381. The van der Waals surface area contributed by atoms with Crippen LogP contribution in [0, 0.1) is 0 Å². The lowest BCUT2D eigenvalue weighted by molar-refractivity contribution is -0.129. The summed E-state index contributed by atoms with van der Waals surface area (Å²) < 4.78 is 5.79. The SMILES string of the molecule is CC(C)(C(N)=O)N1CCN(C(=O)c2cccc(OCc3cccnc3)c2)CC1. The Morgan fingerprint density at radius 3 is 2.54 bits per heavy atom. The number of primary amides is 1. The van der Waals surface area contributed by atoms with Gasteiger partial charge in [0.1, 0.15) is 12.4 Å². The smallest absolute Gasteiger partial charge is 0.254 e. The third kappa shape index (κ3) is 4.48. The van der Waals surface area contributed by atoms with Crippen molar-refractivity contribution in [2.45, 2.75) is 26.0 Å². The van der Waals surface area contributed by atoms with Crippen LogP contribution in [-0.4, -0.2) is 58.3 Å². The van der Waals surface area contributed by atoms with Crippen molar-refractivity contribution in [1.82, 2.24) is 14.8 Å². The molecule has 0 bridgehead atoms. The zero-order chi connectivity index (χ0) is 20.1. The summed E-state index contributed by atoms with van der Waals surface area (Å²) >= 11 is 0. The number of rotatable bonds is 6. The Morgan fingerprint density at radius 2 is 1.89 bits per heavy atom. The van der Waals surface area contributed by atoms with Gasteiger partial charge < -0.3 is 15.4 Å². The summed E-state index contributed by atoms with van der Waals surface area (Å²) in [5.41, 5.74) is 6.34. The number of piperazine rings is 1. The molecule has 0 saturated carbocycles. The van der Waals surface area contributed by atoms with Crippen molar-refractivity contribution >= 4 is 11.8 Å². The van der Waals surface area contributed by atoms with Crippen LogP contribution in [0.1, 0.15) is 29.8 Å². The molecule has 1 fully saturated rings. The van der Waals surface area contributed by atoms with Crippen LogP contribution < -0.4 is 10.5 Å². The Bertz CT molecular complexity index is 831. The molecule has 2 N–H and O–H groups in total. The molecule has 3 rings (SSSR count). The molecule has 0 unspecified atom stereocenters. The lowest BCUT2D eigenvalue weighted by Crippen LogP contribution is -2.60. The highest BCUT2D eigenvalue weighted by atomic mass is 16.5. The molecule has 2 aromatic rings. The Hall–Kier alpha value is -2.93. The van der Waals surface area contributed by atoms with Gasteiger partial charge in [0.05, 0.1) is 5.54 Å². The average Bonchev–Trinajstić information content (AvgIpc) is 2.72. The molecule has 0 spiro atoms. The highest BCUT2D eigenvalue weighted by molar-refractivity contribution is 5.94. The molecule has 2 amide bonds. The van der Waals surface area contributed by atoms with E-state index in [-0.39, 0.29) is 11.8 Å². The molecule has 1 aliphatic rings. The van der Waals surface area contributed by atoms with Gasteiger partial charge in [-0.15, -0.1) is 0 Å². The van der Waals surface area contributed by atoms with E-state index in [9.17, 15) is 9.59 Å². The van der Waals surface area contributed by atoms with Gasteiger partial charge in [-0.3, -0.25) is 19.5 Å². The Kier molecular flexibility index (Phi) is 5.94. The summed E-state index contributed by atoms with van der Waals surface area (Å²) in [6, 6.07) is 11.0. The Labute approximate surface area is 165 Å². The van der Waals surface area contributed by atoms with Crippen molar-refractivity contribution in [1.29, 1.82) is 0 Å². The maximum absolute atomic E-state index is 12.9. The minimum Gasteiger partial charge on any atom is -0.489 e. The fourth-order valence-corrected chi connectivity index (χ4v) is 3.18. The predicted octanol–water partition coefficient (Wildman–Crippen LogP) is 1.68. The molecule has 0 atom stereocenters. The first-order valence-corrected chi connectivity index (χ1v) is 9.34. The van der Waals surface area contributed by atoms with Gasteiger partial charge in [0.15, 0.2) is 0 Å². The zero-order valence-corrected chi connectivity index (χ0v) is 16.3. The van der Waals surface area contributed by atoms with Gasteiger partial charge in [0.25, 0.3) is 5.91 Å². The maximum atomic E-state index is 12.9. The van der Waals surface area contributed by atoms with Gasteiger partial charge >= 0.3 is 0 Å². The van der Waals surface area contributed by atoms with Gasteiger partial charge in [-0.25, -0.2) is 0 Å². The lowest BCUT2D eigenvalue weighted by atomic mass is 10.0. The summed E-state index contributed by atoms with van der Waals surface area (Å²) in [6.07, 6.45) is 3.47. The molecule has 1 aliphatic heterocycles. The van der Waals surface area contributed by atoms with Gasteiger partial charge in [-0.1, -0.05) is 12.1 Å². The largest absolute Gasteiger partial charge is 0.489 e. The standard InChI is InChI=1S/C21H26N4O3/c1-21(2,20(22)27)25-11-9-24(10-12-25)19(26)17-6-3-7-18(13-17)28-15-16-5-4-8-23-14-16/h3-8,13-14H,9-12,15H2,1-2H3,(H2,22,27). The van der Waals surface area contributed by atoms with Crippen LogP contribution in [0.5, 0.6) is 5.75 Å². The molecule has 0 aliphatic carbocycles. The molecular weight excluding hydrogens is 356 g/mol. The topological polar surface area (TPSA) is 88.8 Å². The average molecular weight is 382 g/mol. The Morgan fingerprint density at radius 1 is 1.14 bits per heavy atom. The highest BCUT2D eigenvalue weighted by Crippen LogP contribution is 2.20. The monoisotopic (exact) mass is 382 g/mol. The first-order chi connectivity index (χ1) is 13.4. The quantitative estimate of drug-likeness (QED) is 0.821. The van der Waals surface area contributed by atoms with Gasteiger partial charge in [-0.05, 0) is 38.1 Å². The van der Waals surface area contributed by atoms with E-state index in [1.165, 1.54) is 0 Å². The molecule has 7 nitrogen and oxygen atoms in total. The highest BCUT2D eigenvalue weighted by Gasteiger charge is 2.35.